The van der Waals surface area contributed by atoms with Crippen LogP contribution in [0.2, 0.25) is 0 Å². The Bertz CT molecular complexity index is 637. The van der Waals surface area contributed by atoms with E-state index in [0.29, 0.717) is 6.54 Å². The molecule has 0 aromatic heterocycles. The molecular formula is C16H13BrINO. The molecule has 20 heavy (non-hydrogen) atoms. The van der Waals surface area contributed by atoms with Crippen LogP contribution in [-0.4, -0.2) is 6.61 Å². The van der Waals surface area contributed by atoms with Crippen LogP contribution in [0, 0.1) is 15.9 Å². The molecule has 2 aromatic carbocycles. The standard InChI is InChI=1S/C16H13BrINO/c1-2-9-20-16-8-7-13(17)10-12(16)11-19-15-6-4-3-5-14(15)18/h1,3-8,10,19H,9,11H2. The molecule has 2 aromatic rings. The van der Waals surface area contributed by atoms with E-state index in [9.17, 15) is 0 Å². The minimum atomic E-state index is 0.275. The highest BCUT2D eigenvalue weighted by atomic mass is 127. The molecule has 0 unspecified atom stereocenters. The fourth-order valence-electron chi connectivity index (χ4n) is 1.74. The fourth-order valence-corrected chi connectivity index (χ4v) is 2.73. The predicted octanol–water partition coefficient (Wildman–Crippen LogP) is 4.68. The number of para-hydroxylation sites is 1. The Morgan fingerprint density at radius 2 is 2.05 bits per heavy atom. The number of hydrogen-bond acceptors (Lipinski definition) is 2. The Kier molecular flexibility index (Phi) is 5.74. The fraction of sp³-hybridized carbons (Fsp3) is 0.125. The van der Waals surface area contributed by atoms with Crippen molar-refractivity contribution in [3.05, 3.63) is 56.1 Å². The van der Waals surface area contributed by atoms with E-state index in [1.165, 1.54) is 3.57 Å². The smallest absolute Gasteiger partial charge is 0.148 e. The molecule has 0 atom stereocenters. The van der Waals surface area contributed by atoms with Gasteiger partial charge in [-0.2, -0.15) is 0 Å². The molecule has 0 bridgehead atoms. The van der Waals surface area contributed by atoms with Crippen LogP contribution in [0.15, 0.2) is 46.9 Å². The molecule has 0 fully saturated rings. The van der Waals surface area contributed by atoms with Gasteiger partial charge in [0, 0.05) is 25.8 Å². The van der Waals surface area contributed by atoms with Crippen molar-refractivity contribution in [1.82, 2.24) is 0 Å². The maximum absolute atomic E-state index is 5.56. The van der Waals surface area contributed by atoms with Gasteiger partial charge in [-0.15, -0.1) is 6.42 Å². The van der Waals surface area contributed by atoms with Crippen LogP contribution in [0.5, 0.6) is 5.75 Å². The summed E-state index contributed by atoms with van der Waals surface area (Å²) in [5, 5.41) is 3.41. The van der Waals surface area contributed by atoms with Crippen LogP contribution >= 0.6 is 38.5 Å². The van der Waals surface area contributed by atoms with Crippen LogP contribution in [-0.2, 0) is 6.54 Å². The lowest BCUT2D eigenvalue weighted by Gasteiger charge is -2.13. The van der Waals surface area contributed by atoms with Crippen LogP contribution in [0.3, 0.4) is 0 Å². The molecule has 0 aliphatic carbocycles. The SMILES string of the molecule is C#CCOc1ccc(Br)cc1CNc1ccccc1I. The first-order valence-electron chi connectivity index (χ1n) is 6.04. The van der Waals surface area contributed by atoms with Crippen molar-refractivity contribution in [2.24, 2.45) is 0 Å². The van der Waals surface area contributed by atoms with Gasteiger partial charge in [-0.25, -0.2) is 0 Å². The average Bonchev–Trinajstić information content (AvgIpc) is 2.45. The zero-order valence-electron chi connectivity index (χ0n) is 10.7. The van der Waals surface area contributed by atoms with Gasteiger partial charge in [0.2, 0.25) is 0 Å². The molecule has 4 heteroatoms. The van der Waals surface area contributed by atoms with Crippen molar-refractivity contribution in [2.45, 2.75) is 6.54 Å². The molecule has 2 rings (SSSR count). The summed E-state index contributed by atoms with van der Waals surface area (Å²) in [5.41, 5.74) is 2.17. The van der Waals surface area contributed by atoms with Gasteiger partial charge in [0.25, 0.3) is 0 Å². The number of hydrogen-bond donors (Lipinski definition) is 1. The third-order valence-electron chi connectivity index (χ3n) is 2.68. The van der Waals surface area contributed by atoms with Crippen molar-refractivity contribution in [1.29, 1.82) is 0 Å². The van der Waals surface area contributed by atoms with Crippen molar-refractivity contribution in [3.8, 4) is 18.1 Å². The molecule has 0 spiro atoms. The largest absolute Gasteiger partial charge is 0.481 e. The minimum absolute atomic E-state index is 0.275. The highest BCUT2D eigenvalue weighted by Crippen LogP contribution is 2.25. The lowest BCUT2D eigenvalue weighted by atomic mass is 10.2. The number of halogens is 2. The van der Waals surface area contributed by atoms with E-state index in [0.717, 1.165) is 21.5 Å². The molecular weight excluding hydrogens is 429 g/mol. The lowest BCUT2D eigenvalue weighted by Crippen LogP contribution is -2.04. The van der Waals surface area contributed by atoms with Crippen molar-refractivity contribution in [2.75, 3.05) is 11.9 Å². The van der Waals surface area contributed by atoms with E-state index >= 15 is 0 Å². The second kappa shape index (κ2) is 7.55. The molecule has 2 nitrogen and oxygen atoms in total. The summed E-state index contributed by atoms with van der Waals surface area (Å²) in [5.74, 6) is 3.30. The molecule has 0 aliphatic heterocycles. The molecule has 0 aliphatic rings. The number of rotatable bonds is 5. The second-order valence-electron chi connectivity index (χ2n) is 4.08. The third kappa shape index (κ3) is 4.15. The summed E-state index contributed by atoms with van der Waals surface area (Å²) >= 11 is 5.79. The number of terminal acetylenes is 1. The molecule has 1 N–H and O–H groups in total. The molecule has 0 amide bonds. The zero-order chi connectivity index (χ0) is 14.4. The van der Waals surface area contributed by atoms with E-state index < -0.39 is 0 Å². The Balaban J connectivity index is 2.14. The van der Waals surface area contributed by atoms with Gasteiger partial charge in [0.1, 0.15) is 12.4 Å². The van der Waals surface area contributed by atoms with Crippen LogP contribution < -0.4 is 10.1 Å². The van der Waals surface area contributed by atoms with Crippen molar-refractivity contribution in [3.63, 3.8) is 0 Å². The molecule has 102 valence electrons. The van der Waals surface area contributed by atoms with E-state index in [-0.39, 0.29) is 6.61 Å². The third-order valence-corrected chi connectivity index (χ3v) is 4.11. The van der Waals surface area contributed by atoms with Gasteiger partial charge >= 0.3 is 0 Å². The number of anilines is 1. The number of benzene rings is 2. The summed E-state index contributed by atoms with van der Waals surface area (Å²) in [7, 11) is 0. The monoisotopic (exact) mass is 441 g/mol. The number of ether oxygens (including phenoxy) is 1. The van der Waals surface area contributed by atoms with Crippen LogP contribution in [0.4, 0.5) is 5.69 Å². The molecule has 0 saturated carbocycles. The van der Waals surface area contributed by atoms with Gasteiger partial charge in [-0.1, -0.05) is 34.0 Å². The first kappa shape index (κ1) is 15.2. The average molecular weight is 442 g/mol. The minimum Gasteiger partial charge on any atom is -0.481 e. The van der Waals surface area contributed by atoms with Crippen molar-refractivity contribution < 1.29 is 4.74 Å². The number of nitrogens with one attached hydrogen (secondary N) is 1. The normalized spacial score (nSPS) is 9.85. The van der Waals surface area contributed by atoms with Crippen molar-refractivity contribution >= 4 is 44.2 Å². The second-order valence-corrected chi connectivity index (χ2v) is 6.16. The summed E-state index contributed by atoms with van der Waals surface area (Å²) in [6.07, 6.45) is 5.24. The maximum atomic E-state index is 5.56. The van der Waals surface area contributed by atoms with Crippen LogP contribution in [0.25, 0.3) is 0 Å². The predicted molar refractivity (Wildman–Crippen MR) is 95.0 cm³/mol. The van der Waals surface area contributed by atoms with Crippen LogP contribution in [0.1, 0.15) is 5.56 Å². The Labute approximate surface area is 141 Å². The quantitative estimate of drug-likeness (QED) is 0.537. The summed E-state index contributed by atoms with van der Waals surface area (Å²) < 4.78 is 7.77. The molecule has 0 radical (unpaired) electrons. The summed E-state index contributed by atoms with van der Waals surface area (Å²) in [6, 6.07) is 14.1. The van der Waals surface area contributed by atoms with E-state index in [4.69, 9.17) is 11.2 Å². The maximum Gasteiger partial charge on any atom is 0.148 e. The summed E-state index contributed by atoms with van der Waals surface area (Å²) in [6.45, 7) is 0.955. The van der Waals surface area contributed by atoms with E-state index in [2.05, 4.69) is 61.9 Å². The van der Waals surface area contributed by atoms with Gasteiger partial charge in [0.15, 0.2) is 0 Å². The first-order valence-corrected chi connectivity index (χ1v) is 7.91. The van der Waals surface area contributed by atoms with E-state index in [1.54, 1.807) is 0 Å². The lowest BCUT2D eigenvalue weighted by molar-refractivity contribution is 0.366. The van der Waals surface area contributed by atoms with Gasteiger partial charge < -0.3 is 10.1 Å². The van der Waals surface area contributed by atoms with Gasteiger partial charge in [-0.05, 0) is 52.9 Å². The van der Waals surface area contributed by atoms with E-state index in [1.807, 2.05) is 30.3 Å². The van der Waals surface area contributed by atoms with Gasteiger partial charge in [0.05, 0.1) is 0 Å². The Morgan fingerprint density at radius 1 is 1.25 bits per heavy atom. The Hall–Kier alpha value is -1.19. The highest BCUT2D eigenvalue weighted by molar-refractivity contribution is 14.1. The topological polar surface area (TPSA) is 21.3 Å². The molecule has 0 heterocycles. The Morgan fingerprint density at radius 3 is 2.80 bits per heavy atom. The van der Waals surface area contributed by atoms with Gasteiger partial charge in [-0.3, -0.25) is 0 Å². The molecule has 0 saturated heterocycles. The summed E-state index contributed by atoms with van der Waals surface area (Å²) in [4.78, 5) is 0. The highest BCUT2D eigenvalue weighted by Gasteiger charge is 2.05. The zero-order valence-corrected chi connectivity index (χ0v) is 14.4. The first-order chi connectivity index (χ1) is 9.70.